The number of aromatic nitrogens is 2. The van der Waals surface area contributed by atoms with E-state index in [1.165, 1.54) is 6.07 Å². The molecule has 29 heavy (non-hydrogen) atoms. The Hall–Kier alpha value is -3.32. The Bertz CT molecular complexity index is 962. The van der Waals surface area contributed by atoms with Gasteiger partial charge in [0, 0.05) is 36.8 Å². The van der Waals surface area contributed by atoms with E-state index in [1.54, 1.807) is 24.3 Å². The third-order valence-electron chi connectivity index (χ3n) is 4.25. The molecule has 0 spiro atoms. The standard InChI is InChI=1S/C22H24FN5O/c1-28(2)13-12-24-20-14-19(26-21(27-20)16-8-4-3-5-9-16)22(29)25-15-17-10-6-7-11-18(17)23/h3-11,14H,12-13,15H2,1-2H3,(H,25,29)(H,24,26,27). The molecule has 1 heterocycles. The van der Waals surface area contributed by atoms with Crippen LogP contribution in [0.5, 0.6) is 0 Å². The molecule has 0 atom stereocenters. The van der Waals surface area contributed by atoms with E-state index in [9.17, 15) is 9.18 Å². The molecular formula is C22H24FN5O. The molecule has 0 aliphatic carbocycles. The van der Waals surface area contributed by atoms with Crippen LogP contribution < -0.4 is 10.6 Å². The first kappa shape index (κ1) is 20.4. The summed E-state index contributed by atoms with van der Waals surface area (Å²) in [5, 5.41) is 5.96. The van der Waals surface area contributed by atoms with E-state index in [0.29, 0.717) is 23.8 Å². The number of nitrogens with one attached hydrogen (secondary N) is 2. The lowest BCUT2D eigenvalue weighted by molar-refractivity contribution is 0.0945. The molecule has 0 aliphatic rings. The highest BCUT2D eigenvalue weighted by Crippen LogP contribution is 2.18. The minimum absolute atomic E-state index is 0.0829. The highest BCUT2D eigenvalue weighted by Gasteiger charge is 2.14. The van der Waals surface area contributed by atoms with Gasteiger partial charge in [0.05, 0.1) is 0 Å². The summed E-state index contributed by atoms with van der Waals surface area (Å²) in [6.07, 6.45) is 0. The van der Waals surface area contributed by atoms with Gasteiger partial charge in [-0.15, -0.1) is 0 Å². The highest BCUT2D eigenvalue weighted by molar-refractivity contribution is 5.93. The molecule has 3 rings (SSSR count). The molecule has 0 fully saturated rings. The number of amides is 1. The van der Waals surface area contributed by atoms with Gasteiger partial charge in [0.15, 0.2) is 5.82 Å². The van der Waals surface area contributed by atoms with E-state index in [0.717, 1.165) is 12.1 Å². The van der Waals surface area contributed by atoms with E-state index in [2.05, 4.69) is 20.6 Å². The lowest BCUT2D eigenvalue weighted by Gasteiger charge is -2.13. The van der Waals surface area contributed by atoms with Gasteiger partial charge in [0.1, 0.15) is 17.3 Å². The first-order valence-electron chi connectivity index (χ1n) is 9.37. The molecule has 1 aromatic heterocycles. The monoisotopic (exact) mass is 393 g/mol. The third kappa shape index (κ3) is 5.83. The number of likely N-dealkylation sites (N-methyl/N-ethyl adjacent to an activating group) is 1. The normalized spacial score (nSPS) is 10.8. The minimum Gasteiger partial charge on any atom is -0.369 e. The Balaban J connectivity index is 1.81. The number of hydrogen-bond acceptors (Lipinski definition) is 5. The number of benzene rings is 2. The maximum atomic E-state index is 13.8. The number of carbonyl (C=O) groups excluding carboxylic acids is 1. The van der Waals surface area contributed by atoms with Crippen molar-refractivity contribution in [3.8, 4) is 11.4 Å². The average Bonchev–Trinajstić information content (AvgIpc) is 2.73. The highest BCUT2D eigenvalue weighted by atomic mass is 19.1. The zero-order valence-electron chi connectivity index (χ0n) is 16.5. The Labute approximate surface area is 169 Å². The van der Waals surface area contributed by atoms with Crippen LogP contribution >= 0.6 is 0 Å². The summed E-state index contributed by atoms with van der Waals surface area (Å²) >= 11 is 0. The molecule has 6 nitrogen and oxygen atoms in total. The summed E-state index contributed by atoms with van der Waals surface area (Å²) in [6.45, 7) is 1.58. The molecule has 0 saturated carbocycles. The van der Waals surface area contributed by atoms with Gasteiger partial charge in [-0.1, -0.05) is 48.5 Å². The molecule has 2 N–H and O–H groups in total. The Morgan fingerprint density at radius 1 is 1.03 bits per heavy atom. The molecule has 3 aromatic rings. The van der Waals surface area contributed by atoms with E-state index < -0.39 is 0 Å². The maximum absolute atomic E-state index is 13.8. The second-order valence-corrected chi connectivity index (χ2v) is 6.83. The van der Waals surface area contributed by atoms with Crippen LogP contribution in [0.2, 0.25) is 0 Å². The Kier molecular flexibility index (Phi) is 6.86. The SMILES string of the molecule is CN(C)CCNc1cc(C(=O)NCc2ccccc2F)nc(-c2ccccc2)n1. The quantitative estimate of drug-likeness (QED) is 0.615. The van der Waals surface area contributed by atoms with Gasteiger partial charge in [-0.3, -0.25) is 4.79 Å². The fraction of sp³-hybridized carbons (Fsp3) is 0.227. The average molecular weight is 393 g/mol. The van der Waals surface area contributed by atoms with Gasteiger partial charge in [-0.05, 0) is 20.2 Å². The zero-order chi connectivity index (χ0) is 20.6. The van der Waals surface area contributed by atoms with Crippen molar-refractivity contribution in [3.63, 3.8) is 0 Å². The summed E-state index contributed by atoms with van der Waals surface area (Å²) in [6, 6.07) is 17.4. The molecule has 0 unspecified atom stereocenters. The van der Waals surface area contributed by atoms with Crippen molar-refractivity contribution in [2.45, 2.75) is 6.54 Å². The zero-order valence-corrected chi connectivity index (χ0v) is 16.5. The molecule has 0 aliphatic heterocycles. The van der Waals surface area contributed by atoms with Gasteiger partial charge >= 0.3 is 0 Å². The summed E-state index contributed by atoms with van der Waals surface area (Å²) in [5.41, 5.74) is 1.46. The van der Waals surface area contributed by atoms with Crippen molar-refractivity contribution in [2.75, 3.05) is 32.5 Å². The van der Waals surface area contributed by atoms with E-state index >= 15 is 0 Å². The summed E-state index contributed by atoms with van der Waals surface area (Å²) < 4.78 is 13.8. The second-order valence-electron chi connectivity index (χ2n) is 6.83. The summed E-state index contributed by atoms with van der Waals surface area (Å²) in [7, 11) is 3.97. The predicted octanol–water partition coefficient (Wildman–Crippen LogP) is 3.19. The summed E-state index contributed by atoms with van der Waals surface area (Å²) in [4.78, 5) is 23.7. The minimum atomic E-state index is -0.386. The van der Waals surface area contributed by atoms with E-state index in [-0.39, 0.29) is 24.0 Å². The molecule has 7 heteroatoms. The molecule has 2 aromatic carbocycles. The fourth-order valence-electron chi connectivity index (χ4n) is 2.69. The first-order chi connectivity index (χ1) is 14.0. The van der Waals surface area contributed by atoms with Crippen LogP contribution in [0, 0.1) is 5.82 Å². The number of anilines is 1. The van der Waals surface area contributed by atoms with Crippen LogP contribution in [0.15, 0.2) is 60.7 Å². The molecular weight excluding hydrogens is 369 g/mol. The van der Waals surface area contributed by atoms with Crippen molar-refractivity contribution >= 4 is 11.7 Å². The Morgan fingerprint density at radius 2 is 1.76 bits per heavy atom. The lowest BCUT2D eigenvalue weighted by Crippen LogP contribution is -2.25. The molecule has 0 radical (unpaired) electrons. The van der Waals surface area contributed by atoms with Gasteiger partial charge < -0.3 is 15.5 Å². The van der Waals surface area contributed by atoms with Gasteiger partial charge in [0.2, 0.25) is 0 Å². The van der Waals surface area contributed by atoms with Gasteiger partial charge in [0.25, 0.3) is 5.91 Å². The Morgan fingerprint density at radius 3 is 2.48 bits per heavy atom. The molecule has 1 amide bonds. The van der Waals surface area contributed by atoms with Crippen LogP contribution in [0.1, 0.15) is 16.1 Å². The number of hydrogen-bond donors (Lipinski definition) is 2. The second kappa shape index (κ2) is 9.75. The maximum Gasteiger partial charge on any atom is 0.270 e. The number of halogens is 1. The largest absolute Gasteiger partial charge is 0.369 e. The first-order valence-corrected chi connectivity index (χ1v) is 9.37. The van der Waals surface area contributed by atoms with Crippen LogP contribution in [-0.4, -0.2) is 48.0 Å². The van der Waals surface area contributed by atoms with Crippen LogP contribution in [0.25, 0.3) is 11.4 Å². The number of nitrogens with zero attached hydrogens (tertiary/aromatic N) is 3. The van der Waals surface area contributed by atoms with Crippen molar-refractivity contribution in [1.29, 1.82) is 0 Å². The molecule has 0 bridgehead atoms. The number of carbonyl (C=O) groups is 1. The van der Waals surface area contributed by atoms with Crippen molar-refractivity contribution in [2.24, 2.45) is 0 Å². The topological polar surface area (TPSA) is 70.2 Å². The predicted molar refractivity (Wildman–Crippen MR) is 112 cm³/mol. The van der Waals surface area contributed by atoms with Gasteiger partial charge in [-0.25, -0.2) is 14.4 Å². The van der Waals surface area contributed by atoms with E-state index in [1.807, 2.05) is 49.3 Å². The van der Waals surface area contributed by atoms with Crippen molar-refractivity contribution in [3.05, 3.63) is 77.7 Å². The smallest absolute Gasteiger partial charge is 0.270 e. The van der Waals surface area contributed by atoms with Crippen LogP contribution in [-0.2, 0) is 6.54 Å². The summed E-state index contributed by atoms with van der Waals surface area (Å²) in [5.74, 6) is 0.281. The van der Waals surface area contributed by atoms with Crippen LogP contribution in [0.3, 0.4) is 0 Å². The van der Waals surface area contributed by atoms with Gasteiger partial charge in [-0.2, -0.15) is 0 Å². The molecule has 150 valence electrons. The molecule has 0 saturated heterocycles. The van der Waals surface area contributed by atoms with Crippen molar-refractivity contribution in [1.82, 2.24) is 20.2 Å². The third-order valence-corrected chi connectivity index (χ3v) is 4.25. The van der Waals surface area contributed by atoms with Crippen molar-refractivity contribution < 1.29 is 9.18 Å². The van der Waals surface area contributed by atoms with E-state index in [4.69, 9.17) is 0 Å². The fourth-order valence-corrected chi connectivity index (χ4v) is 2.69. The number of rotatable bonds is 8. The lowest BCUT2D eigenvalue weighted by atomic mass is 10.2. The van der Waals surface area contributed by atoms with Crippen LogP contribution in [0.4, 0.5) is 10.2 Å².